The van der Waals surface area contributed by atoms with Gasteiger partial charge in [-0.3, -0.25) is 24.8 Å². The lowest BCUT2D eigenvalue weighted by Gasteiger charge is -2.27. The lowest BCUT2D eigenvalue weighted by atomic mass is 10.1. The fourth-order valence-corrected chi connectivity index (χ4v) is 5.84. The van der Waals surface area contributed by atoms with Crippen LogP contribution in [0, 0.1) is 10.1 Å². The molecule has 1 amide bonds. The summed E-state index contributed by atoms with van der Waals surface area (Å²) in [6, 6.07) is 19.8. The Bertz CT molecular complexity index is 1800. The van der Waals surface area contributed by atoms with E-state index in [0.717, 1.165) is 33.7 Å². The Kier molecular flexibility index (Phi) is 6.62. The first-order valence-electron chi connectivity index (χ1n) is 12.4. The summed E-state index contributed by atoms with van der Waals surface area (Å²) in [6.45, 7) is 0. The number of carbonyl (C=O) groups excluding carboxylic acids is 1. The van der Waals surface area contributed by atoms with E-state index < -0.39 is 11.0 Å². The molecule has 0 saturated heterocycles. The summed E-state index contributed by atoms with van der Waals surface area (Å²) in [5.41, 5.74) is 3.69. The van der Waals surface area contributed by atoms with Gasteiger partial charge in [-0.15, -0.1) is 11.3 Å². The van der Waals surface area contributed by atoms with Gasteiger partial charge in [0.05, 0.1) is 28.1 Å². The number of rotatable bonds is 9. The number of amides is 1. The van der Waals surface area contributed by atoms with Crippen LogP contribution in [0.15, 0.2) is 97.8 Å². The molecular weight excluding hydrogens is 526 g/mol. The van der Waals surface area contributed by atoms with Gasteiger partial charge >= 0.3 is 0 Å². The van der Waals surface area contributed by atoms with Gasteiger partial charge in [-0.05, 0) is 42.0 Å². The summed E-state index contributed by atoms with van der Waals surface area (Å²) in [4.78, 5) is 38.6. The number of nitro benzene ring substituents is 1. The largest absolute Gasteiger partial charge is 0.329 e. The molecule has 1 atom stereocenters. The van der Waals surface area contributed by atoms with Crippen LogP contribution in [0.25, 0.3) is 27.0 Å². The van der Waals surface area contributed by atoms with Crippen molar-refractivity contribution in [3.63, 3.8) is 0 Å². The average molecular weight is 550 g/mol. The Morgan fingerprint density at radius 2 is 1.93 bits per heavy atom. The van der Waals surface area contributed by atoms with Crippen LogP contribution in [0.2, 0.25) is 0 Å². The highest BCUT2D eigenvalue weighted by Gasteiger charge is 2.28. The number of non-ortho nitro benzene ring substituents is 1. The van der Waals surface area contributed by atoms with Crippen LogP contribution in [0.4, 0.5) is 10.7 Å². The minimum Gasteiger partial charge on any atom is -0.329 e. The van der Waals surface area contributed by atoms with E-state index in [9.17, 15) is 14.9 Å². The van der Waals surface area contributed by atoms with Crippen molar-refractivity contribution in [2.45, 2.75) is 12.5 Å². The summed E-state index contributed by atoms with van der Waals surface area (Å²) >= 11 is 1.40. The normalized spacial score (nSPS) is 11.9. The van der Waals surface area contributed by atoms with Crippen molar-refractivity contribution < 1.29 is 9.72 Å². The van der Waals surface area contributed by atoms with Gasteiger partial charge in [-0.25, -0.2) is 9.97 Å². The van der Waals surface area contributed by atoms with Gasteiger partial charge in [0.1, 0.15) is 11.9 Å². The molecule has 0 aliphatic rings. The molecule has 0 bridgehead atoms. The first-order valence-corrected chi connectivity index (χ1v) is 13.3. The van der Waals surface area contributed by atoms with Crippen molar-refractivity contribution in [2.75, 3.05) is 4.90 Å². The van der Waals surface area contributed by atoms with E-state index in [0.29, 0.717) is 22.6 Å². The van der Waals surface area contributed by atoms with Crippen molar-refractivity contribution in [3.8, 4) is 16.9 Å². The Balaban J connectivity index is 1.40. The Labute approximate surface area is 233 Å². The van der Waals surface area contributed by atoms with E-state index in [4.69, 9.17) is 4.98 Å². The molecule has 0 saturated carbocycles. The summed E-state index contributed by atoms with van der Waals surface area (Å²) in [5, 5.41) is 12.7. The van der Waals surface area contributed by atoms with E-state index in [1.165, 1.54) is 23.5 Å². The van der Waals surface area contributed by atoms with Crippen LogP contribution in [-0.4, -0.2) is 35.4 Å². The molecule has 0 radical (unpaired) electrons. The number of thiophene rings is 1. The molecule has 0 fully saturated rings. The summed E-state index contributed by atoms with van der Waals surface area (Å²) in [6.07, 6.45) is 10.1. The predicted octanol–water partition coefficient (Wildman–Crippen LogP) is 5.74. The van der Waals surface area contributed by atoms with Crippen molar-refractivity contribution >= 4 is 38.5 Å². The monoisotopic (exact) mass is 549 g/mol. The van der Waals surface area contributed by atoms with Crippen molar-refractivity contribution in [1.82, 2.24) is 24.1 Å². The van der Waals surface area contributed by atoms with Gasteiger partial charge in [0.2, 0.25) is 6.41 Å². The van der Waals surface area contributed by atoms with Gasteiger partial charge < -0.3 is 9.13 Å². The highest BCUT2D eigenvalue weighted by Crippen LogP contribution is 2.39. The molecule has 4 aromatic heterocycles. The SMILES string of the molecule is Cn1c(-c2ccc(-n3ccnc3)cc2)cnc1C(Cc1ccccn1)N(C=O)c1cc2cc([N+](=O)[O-])ccc2s1. The number of hydrogen-bond donors (Lipinski definition) is 0. The number of pyridine rings is 1. The zero-order chi connectivity index (χ0) is 27.6. The molecule has 198 valence electrons. The highest BCUT2D eigenvalue weighted by molar-refractivity contribution is 7.23. The molecule has 40 heavy (non-hydrogen) atoms. The number of anilines is 1. The van der Waals surface area contributed by atoms with E-state index in [2.05, 4.69) is 9.97 Å². The third-order valence-electron chi connectivity index (χ3n) is 6.82. The molecule has 2 aromatic carbocycles. The molecule has 11 heteroatoms. The van der Waals surface area contributed by atoms with Crippen molar-refractivity contribution in [1.29, 1.82) is 0 Å². The topological polar surface area (TPSA) is 112 Å². The van der Waals surface area contributed by atoms with Crippen LogP contribution in [0.3, 0.4) is 0 Å². The molecule has 6 aromatic rings. The first kappa shape index (κ1) is 25.1. The Morgan fingerprint density at radius 3 is 2.62 bits per heavy atom. The minimum atomic E-state index is -0.473. The molecule has 0 spiro atoms. The van der Waals surface area contributed by atoms with Gasteiger partial charge in [0.25, 0.3) is 5.69 Å². The minimum absolute atomic E-state index is 0.00680. The molecular formula is C29H23N7O3S. The lowest BCUT2D eigenvalue weighted by Crippen LogP contribution is -2.30. The lowest BCUT2D eigenvalue weighted by molar-refractivity contribution is -0.384. The van der Waals surface area contributed by atoms with Crippen LogP contribution < -0.4 is 4.90 Å². The zero-order valence-corrected chi connectivity index (χ0v) is 22.2. The van der Waals surface area contributed by atoms with E-state index in [1.807, 2.05) is 77.1 Å². The van der Waals surface area contributed by atoms with E-state index >= 15 is 0 Å². The fourth-order valence-electron chi connectivity index (χ4n) is 4.79. The van der Waals surface area contributed by atoms with Crippen LogP contribution >= 0.6 is 11.3 Å². The molecule has 0 aliphatic heterocycles. The molecule has 1 unspecified atom stereocenters. The maximum Gasteiger partial charge on any atom is 0.270 e. The second-order valence-electron chi connectivity index (χ2n) is 9.20. The number of carbonyl (C=O) groups is 1. The van der Waals surface area contributed by atoms with Crippen molar-refractivity contribution in [2.24, 2.45) is 7.05 Å². The number of fused-ring (bicyclic) bond motifs is 1. The molecule has 0 aliphatic carbocycles. The third kappa shape index (κ3) is 4.74. The second kappa shape index (κ2) is 10.5. The number of imidazole rings is 2. The number of benzene rings is 2. The first-order chi connectivity index (χ1) is 19.5. The second-order valence-corrected chi connectivity index (χ2v) is 10.3. The van der Waals surface area contributed by atoms with Gasteiger partial charge in [-0.1, -0.05) is 18.2 Å². The molecule has 4 heterocycles. The van der Waals surface area contributed by atoms with Crippen molar-refractivity contribution in [3.05, 3.63) is 119 Å². The molecule has 10 nitrogen and oxygen atoms in total. The summed E-state index contributed by atoms with van der Waals surface area (Å²) < 4.78 is 4.78. The van der Waals surface area contributed by atoms with Crippen LogP contribution in [-0.2, 0) is 18.3 Å². The number of aromatic nitrogens is 5. The van der Waals surface area contributed by atoms with E-state index in [1.54, 1.807) is 29.7 Å². The maximum absolute atomic E-state index is 12.7. The predicted molar refractivity (Wildman–Crippen MR) is 153 cm³/mol. The molecule has 6 rings (SSSR count). The smallest absolute Gasteiger partial charge is 0.270 e. The van der Waals surface area contributed by atoms with Gasteiger partial charge in [-0.2, -0.15) is 0 Å². The fraction of sp³-hybridized carbons (Fsp3) is 0.103. The van der Waals surface area contributed by atoms with Gasteiger partial charge in [0, 0.05) is 65.7 Å². The van der Waals surface area contributed by atoms with Crippen LogP contribution in [0.1, 0.15) is 17.6 Å². The Morgan fingerprint density at radius 1 is 1.07 bits per heavy atom. The maximum atomic E-state index is 12.7. The molecule has 0 N–H and O–H groups in total. The number of nitro groups is 1. The highest BCUT2D eigenvalue weighted by atomic mass is 32.1. The quantitative estimate of drug-likeness (QED) is 0.129. The van der Waals surface area contributed by atoms with E-state index in [-0.39, 0.29) is 5.69 Å². The summed E-state index contributed by atoms with van der Waals surface area (Å²) in [7, 11) is 1.93. The third-order valence-corrected chi connectivity index (χ3v) is 7.95. The standard InChI is InChI=1S/C29H23N7O3S/c1-33-26(20-5-7-23(8-6-20)34-13-12-30-18-34)17-32-29(33)25(16-22-4-2-3-11-31-22)35(19-37)28-15-21-14-24(36(38)39)9-10-27(21)40-28/h2-15,17-19,25H,16H2,1H3. The van der Waals surface area contributed by atoms with Crippen LogP contribution in [0.5, 0.6) is 0 Å². The Hall–Kier alpha value is -5.16. The zero-order valence-electron chi connectivity index (χ0n) is 21.4. The van der Waals surface area contributed by atoms with Gasteiger partial charge in [0.15, 0.2) is 0 Å². The number of nitrogens with zero attached hydrogens (tertiary/aromatic N) is 7. The number of hydrogen-bond acceptors (Lipinski definition) is 7. The average Bonchev–Trinajstić information content (AvgIpc) is 3.73. The summed E-state index contributed by atoms with van der Waals surface area (Å²) in [5.74, 6) is 0.690.